The van der Waals surface area contributed by atoms with E-state index in [-0.39, 0.29) is 25.8 Å². The van der Waals surface area contributed by atoms with Gasteiger partial charge < -0.3 is 13.8 Å². The van der Waals surface area contributed by atoms with Gasteiger partial charge in [0.1, 0.15) is 0 Å². The molecule has 0 bridgehead atoms. The molecule has 0 saturated heterocycles. The van der Waals surface area contributed by atoms with E-state index < -0.39 is 0 Å². The van der Waals surface area contributed by atoms with Crippen LogP contribution in [0.2, 0.25) is 6.55 Å². The van der Waals surface area contributed by atoms with Crippen LogP contribution in [0.4, 0.5) is 0 Å². The Kier molecular flexibility index (Phi) is 20.1. The first kappa shape index (κ1) is 41.6. The maximum Gasteiger partial charge on any atom is 4.00 e. The van der Waals surface area contributed by atoms with Crippen molar-refractivity contribution in [3.05, 3.63) is 177 Å². The number of aryl methyl sites for hydroxylation is 2. The van der Waals surface area contributed by atoms with Crippen LogP contribution in [0, 0.1) is 27.7 Å². The molecule has 0 aliphatic carbocycles. The Hall–Kier alpha value is -3.59. The third kappa shape index (κ3) is 13.7. The van der Waals surface area contributed by atoms with E-state index in [1.807, 2.05) is 6.07 Å². The molecule has 2 radical (unpaired) electrons. The number of benzene rings is 5. The van der Waals surface area contributed by atoms with Gasteiger partial charge in [0.2, 0.25) is 0 Å². The summed E-state index contributed by atoms with van der Waals surface area (Å²) in [5, 5.41) is 6.81. The van der Waals surface area contributed by atoms with Crippen LogP contribution >= 0.6 is 0 Å². The smallest absolute Gasteiger partial charge is 0.343 e. The van der Waals surface area contributed by atoms with Crippen LogP contribution in [0.3, 0.4) is 0 Å². The molecule has 0 heterocycles. The van der Waals surface area contributed by atoms with Gasteiger partial charge in [-0.2, -0.15) is 25.0 Å². The summed E-state index contributed by atoms with van der Waals surface area (Å²) in [5.41, 5.74) is 7.89. The second kappa shape index (κ2) is 23.7. The van der Waals surface area contributed by atoms with Gasteiger partial charge in [-0.1, -0.05) is 167 Å². The van der Waals surface area contributed by atoms with Crippen LogP contribution in [0.25, 0.3) is 43.8 Å². The average Bonchev–Trinajstić information content (AvgIpc) is 3.74. The van der Waals surface area contributed by atoms with Gasteiger partial charge >= 0.3 is 25.8 Å². The van der Waals surface area contributed by atoms with Crippen LogP contribution in [0.1, 0.15) is 50.7 Å². The zero-order valence-electron chi connectivity index (χ0n) is 30.2. The van der Waals surface area contributed by atoms with Crippen molar-refractivity contribution in [1.82, 2.24) is 0 Å². The topological polar surface area (TPSA) is 0 Å². The molecular weight excluding hydrogens is 771 g/mol. The Bertz CT molecular complexity index is 1720. The molecule has 0 fully saturated rings. The minimum absolute atomic E-state index is 0. The Balaban J connectivity index is 0.000000237. The normalized spacial score (nSPS) is 9.78. The van der Waals surface area contributed by atoms with E-state index in [4.69, 9.17) is 0 Å². The van der Waals surface area contributed by atoms with Crippen LogP contribution in [-0.2, 0) is 25.8 Å². The quantitative estimate of drug-likeness (QED) is 0.120. The Labute approximate surface area is 319 Å². The van der Waals surface area contributed by atoms with Crippen molar-refractivity contribution >= 4 is 36.3 Å². The predicted octanol–water partition coefficient (Wildman–Crippen LogP) is 13.4. The summed E-state index contributed by atoms with van der Waals surface area (Å²) in [5.74, 6) is 0. The van der Waals surface area contributed by atoms with E-state index in [2.05, 4.69) is 194 Å². The Morgan fingerprint density at radius 2 is 0.857 bits per heavy atom. The van der Waals surface area contributed by atoms with Crippen LogP contribution < -0.4 is 5.19 Å². The maximum atomic E-state index is 3.60. The first-order valence-corrected chi connectivity index (χ1v) is 18.7. The van der Waals surface area contributed by atoms with Crippen LogP contribution in [0.15, 0.2) is 152 Å². The van der Waals surface area contributed by atoms with E-state index in [9.17, 15) is 0 Å². The molecule has 7 aromatic rings. The van der Waals surface area contributed by atoms with Crippen molar-refractivity contribution in [2.45, 2.75) is 59.9 Å². The molecule has 0 nitrogen and oxygen atoms in total. The van der Waals surface area contributed by atoms with E-state index in [0.717, 1.165) is 22.4 Å². The van der Waals surface area contributed by atoms with Crippen molar-refractivity contribution in [2.75, 3.05) is 0 Å². The Morgan fingerprint density at radius 1 is 0.510 bits per heavy atom. The van der Waals surface area contributed by atoms with Gasteiger partial charge in [-0.25, -0.2) is 0 Å². The average molecular weight is 824 g/mol. The molecule has 49 heavy (non-hydrogen) atoms. The third-order valence-electron chi connectivity index (χ3n) is 7.73. The molecule has 248 valence electrons. The van der Waals surface area contributed by atoms with Gasteiger partial charge in [0.15, 0.2) is 0 Å². The number of fused-ring (bicyclic) bond motifs is 2. The molecule has 7 rings (SSSR count). The molecular formula is C47H52HfSi. The number of rotatable bonds is 5. The zero-order chi connectivity index (χ0) is 34.6. The van der Waals surface area contributed by atoms with E-state index in [0.29, 0.717) is 0 Å². The fraction of sp³-hybridized carbons (Fsp3) is 0.191. The monoisotopic (exact) mass is 824 g/mol. The predicted molar refractivity (Wildman–Crippen MR) is 218 cm³/mol. The molecule has 0 unspecified atom stereocenters. The van der Waals surface area contributed by atoms with Gasteiger partial charge in [0.25, 0.3) is 0 Å². The summed E-state index contributed by atoms with van der Waals surface area (Å²) in [7, 11) is 0.930. The fourth-order valence-corrected chi connectivity index (χ4v) is 5.64. The van der Waals surface area contributed by atoms with Crippen molar-refractivity contribution in [2.24, 2.45) is 0 Å². The van der Waals surface area contributed by atoms with Crippen molar-refractivity contribution in [3.63, 3.8) is 0 Å². The van der Waals surface area contributed by atoms with Crippen LogP contribution in [-0.4, -0.2) is 9.52 Å². The van der Waals surface area contributed by atoms with Gasteiger partial charge in [-0.05, 0) is 11.1 Å². The van der Waals surface area contributed by atoms with E-state index in [1.54, 1.807) is 0 Å². The van der Waals surface area contributed by atoms with Crippen LogP contribution in [0.5, 0.6) is 0 Å². The fourth-order valence-electron chi connectivity index (χ4n) is 5.11. The van der Waals surface area contributed by atoms with E-state index >= 15 is 0 Å². The number of hydrogen-bond donors (Lipinski definition) is 0. The largest absolute Gasteiger partial charge is 4.00 e. The van der Waals surface area contributed by atoms with Crippen molar-refractivity contribution < 1.29 is 25.8 Å². The minimum atomic E-state index is 0. The maximum absolute atomic E-state index is 3.60. The summed E-state index contributed by atoms with van der Waals surface area (Å²) in [6.07, 6.45) is 4.56. The molecule has 0 aliphatic heterocycles. The van der Waals surface area contributed by atoms with Gasteiger partial charge in [-0.15, -0.1) is 69.1 Å². The second-order valence-electron chi connectivity index (χ2n) is 11.7. The first-order chi connectivity index (χ1) is 23.4. The minimum Gasteiger partial charge on any atom is -0.343 e. The molecule has 0 aliphatic rings. The molecule has 0 N–H and O–H groups in total. The number of hydrogen-bond acceptors (Lipinski definition) is 0. The van der Waals surface area contributed by atoms with Crippen molar-refractivity contribution in [3.8, 4) is 22.3 Å². The first-order valence-electron chi connectivity index (χ1n) is 17.2. The molecule has 0 atom stereocenters. The molecule has 0 aromatic heterocycles. The molecule has 2 heteroatoms. The van der Waals surface area contributed by atoms with E-state index in [1.165, 1.54) is 73.0 Å². The summed E-state index contributed by atoms with van der Waals surface area (Å²) in [6.45, 7) is 17.9. The van der Waals surface area contributed by atoms with Gasteiger partial charge in [0, 0.05) is 0 Å². The molecule has 7 aromatic carbocycles. The second-order valence-corrected chi connectivity index (χ2v) is 12.8. The molecule has 0 saturated carbocycles. The summed E-state index contributed by atoms with van der Waals surface area (Å²) in [4.78, 5) is 0. The van der Waals surface area contributed by atoms with Gasteiger partial charge in [-0.3, -0.25) is 0 Å². The molecule has 0 amide bonds. The summed E-state index contributed by atoms with van der Waals surface area (Å²) in [6, 6.07) is 53.6. The number of unbranched alkanes of at least 4 members (excludes halogenated alkanes) is 2. The standard InChI is InChI=1S/2C16H13.C7H8Si.2C4H9.Hf/c2*1-12-10-14-8-5-9-15(16(14)11-12)13-6-3-2-4-7-13;1-8-7-5-3-2-4-6-7;2*1-3-4-2;/h2*2-11H,1H3;2-6H,1H3;2*1,3-4H2,2H3;/q2*-1;;2*-1;+4. The molecule has 0 spiro atoms. The summed E-state index contributed by atoms with van der Waals surface area (Å²) >= 11 is 0. The zero-order valence-corrected chi connectivity index (χ0v) is 34.8. The SMILES string of the molecule is C[Si]c1ccccc1.Cc1cc2c(-c3ccccc3)cccc2[cH-]1.Cc1cc2c(-c3ccccc3)cccc2[cH-]1.[CH2-]CCC.[CH2-]CCC.[Hf+4]. The van der Waals surface area contributed by atoms with Crippen molar-refractivity contribution in [1.29, 1.82) is 0 Å². The summed E-state index contributed by atoms with van der Waals surface area (Å²) < 4.78 is 0. The Morgan fingerprint density at radius 3 is 1.16 bits per heavy atom. The van der Waals surface area contributed by atoms with Gasteiger partial charge in [0.05, 0.1) is 9.52 Å². The third-order valence-corrected chi connectivity index (χ3v) is 8.64.